The summed E-state index contributed by atoms with van der Waals surface area (Å²) in [5.74, 6) is -0.816. The summed E-state index contributed by atoms with van der Waals surface area (Å²) in [5.41, 5.74) is 0.435. The monoisotopic (exact) mass is 296 g/mol. The van der Waals surface area contributed by atoms with E-state index in [1.54, 1.807) is 0 Å². The van der Waals surface area contributed by atoms with Gasteiger partial charge in [0.25, 0.3) is 11.7 Å². The first kappa shape index (κ1) is 12.4. The van der Waals surface area contributed by atoms with Gasteiger partial charge in [0.05, 0.1) is 22.7 Å². The molecule has 98 valence electrons. The van der Waals surface area contributed by atoms with E-state index in [0.29, 0.717) is 18.0 Å². The molecule has 2 aliphatic rings. The van der Waals surface area contributed by atoms with Crippen LogP contribution in [0.5, 0.6) is 0 Å². The number of thioether (sulfide) groups is 1. The van der Waals surface area contributed by atoms with E-state index in [0.717, 1.165) is 0 Å². The number of carbonyl (C=O) groups is 2. The molecule has 19 heavy (non-hydrogen) atoms. The van der Waals surface area contributed by atoms with Crippen molar-refractivity contribution in [2.24, 2.45) is 4.99 Å². The van der Waals surface area contributed by atoms with Gasteiger partial charge in [-0.15, -0.1) is 0 Å². The van der Waals surface area contributed by atoms with E-state index in [4.69, 9.17) is 0 Å². The van der Waals surface area contributed by atoms with Gasteiger partial charge in [-0.1, -0.05) is 11.8 Å². The van der Waals surface area contributed by atoms with Crippen molar-refractivity contribution in [1.82, 2.24) is 0 Å². The highest BCUT2D eigenvalue weighted by Crippen LogP contribution is 2.29. The Hall–Kier alpha value is -1.67. The summed E-state index contributed by atoms with van der Waals surface area (Å²) in [6.45, 7) is 0.475. The molecule has 0 aromatic heterocycles. The Balaban J connectivity index is 2.09. The highest BCUT2D eigenvalue weighted by atomic mass is 32.3. The second kappa shape index (κ2) is 4.17. The number of nitrogens with zero attached hydrogens (tertiary/aromatic N) is 1. The maximum Gasteiger partial charge on any atom is 0.296 e. The minimum absolute atomic E-state index is 0.00995. The standard InChI is InChI=1S/C11H8N2O4S2/c14-9-7-5-6(1-2-8(7)13-10(9)15)19(16,17)11-12-3-4-18-11/h1-2,5H,3-4H2,(H,13,14,15). The molecule has 1 N–H and O–H groups in total. The van der Waals surface area contributed by atoms with Crippen molar-refractivity contribution in [3.05, 3.63) is 23.8 Å². The van der Waals surface area contributed by atoms with Gasteiger partial charge in [0.2, 0.25) is 9.84 Å². The summed E-state index contributed by atoms with van der Waals surface area (Å²) in [6.07, 6.45) is 0. The maximum atomic E-state index is 12.3. The fraction of sp³-hybridized carbons (Fsp3) is 0.182. The number of ketones is 1. The Morgan fingerprint density at radius 2 is 2.05 bits per heavy atom. The van der Waals surface area contributed by atoms with Gasteiger partial charge in [0.15, 0.2) is 4.38 Å². The Labute approximate surface area is 113 Å². The summed E-state index contributed by atoms with van der Waals surface area (Å²) in [5, 5.41) is 2.38. The molecule has 1 amide bonds. The minimum atomic E-state index is -3.68. The lowest BCUT2D eigenvalue weighted by Gasteiger charge is -2.04. The topological polar surface area (TPSA) is 92.7 Å². The molecule has 3 rings (SSSR count). The van der Waals surface area contributed by atoms with Crippen molar-refractivity contribution in [2.75, 3.05) is 17.6 Å². The fourth-order valence-electron chi connectivity index (χ4n) is 1.87. The fourth-order valence-corrected chi connectivity index (χ4v) is 4.55. The first-order chi connectivity index (χ1) is 9.00. The van der Waals surface area contributed by atoms with E-state index in [-0.39, 0.29) is 14.8 Å². The van der Waals surface area contributed by atoms with E-state index in [9.17, 15) is 18.0 Å². The maximum absolute atomic E-state index is 12.3. The van der Waals surface area contributed by atoms with E-state index in [2.05, 4.69) is 10.3 Å². The number of hydrogen-bond donors (Lipinski definition) is 1. The molecule has 0 fully saturated rings. The predicted molar refractivity (Wildman–Crippen MR) is 71.3 cm³/mol. The molecule has 0 atom stereocenters. The van der Waals surface area contributed by atoms with Crippen LogP contribution in [0.1, 0.15) is 10.4 Å². The van der Waals surface area contributed by atoms with Crippen LogP contribution >= 0.6 is 11.8 Å². The van der Waals surface area contributed by atoms with Gasteiger partial charge in [0.1, 0.15) is 0 Å². The largest absolute Gasteiger partial charge is 0.318 e. The first-order valence-corrected chi connectivity index (χ1v) is 7.89. The van der Waals surface area contributed by atoms with E-state index in [1.165, 1.54) is 30.0 Å². The number of amides is 1. The van der Waals surface area contributed by atoms with Crippen molar-refractivity contribution in [2.45, 2.75) is 4.90 Å². The molecule has 0 saturated carbocycles. The van der Waals surface area contributed by atoms with Gasteiger partial charge >= 0.3 is 0 Å². The van der Waals surface area contributed by atoms with Gasteiger partial charge in [0, 0.05) is 5.75 Å². The lowest BCUT2D eigenvalue weighted by atomic mass is 10.1. The number of rotatable bonds is 1. The molecule has 2 aliphatic heterocycles. The van der Waals surface area contributed by atoms with Crippen molar-refractivity contribution in [3.8, 4) is 0 Å². The smallest absolute Gasteiger partial charge is 0.296 e. The van der Waals surface area contributed by atoms with Crippen molar-refractivity contribution in [3.63, 3.8) is 0 Å². The Morgan fingerprint density at radius 3 is 2.74 bits per heavy atom. The number of hydrogen-bond acceptors (Lipinski definition) is 6. The zero-order valence-electron chi connectivity index (χ0n) is 9.54. The number of Topliss-reactive ketones (excluding diaryl/α,β-unsaturated/α-hetero) is 1. The summed E-state index contributed by atoms with van der Waals surface area (Å²) >= 11 is 1.17. The van der Waals surface area contributed by atoms with Gasteiger partial charge < -0.3 is 5.32 Å². The van der Waals surface area contributed by atoms with E-state index in [1.807, 2.05) is 0 Å². The van der Waals surface area contributed by atoms with Crippen LogP contribution in [0.2, 0.25) is 0 Å². The Kier molecular flexibility index (Phi) is 2.72. The molecule has 0 aliphatic carbocycles. The second-order valence-corrected chi connectivity index (χ2v) is 7.20. The zero-order valence-corrected chi connectivity index (χ0v) is 11.2. The Bertz CT molecular complexity index is 737. The van der Waals surface area contributed by atoms with Crippen LogP contribution in [0, 0.1) is 0 Å². The molecule has 0 radical (unpaired) electrons. The molecule has 0 spiro atoms. The third kappa shape index (κ3) is 1.87. The van der Waals surface area contributed by atoms with E-state index >= 15 is 0 Å². The van der Waals surface area contributed by atoms with Crippen LogP contribution in [0.3, 0.4) is 0 Å². The van der Waals surface area contributed by atoms with Crippen LogP contribution in [-0.2, 0) is 14.6 Å². The molecule has 1 aromatic rings. The number of nitrogens with one attached hydrogen (secondary N) is 1. The summed E-state index contributed by atoms with van der Waals surface area (Å²) in [6, 6.07) is 4.02. The quantitative estimate of drug-likeness (QED) is 0.770. The molecule has 0 unspecified atom stereocenters. The van der Waals surface area contributed by atoms with Crippen LogP contribution in [-0.4, -0.2) is 36.8 Å². The Morgan fingerprint density at radius 1 is 1.26 bits per heavy atom. The average Bonchev–Trinajstić information content (AvgIpc) is 3.00. The summed E-state index contributed by atoms with van der Waals surface area (Å²) < 4.78 is 24.6. The number of fused-ring (bicyclic) bond motifs is 1. The molecular formula is C11H8N2O4S2. The molecular weight excluding hydrogens is 288 g/mol. The molecule has 8 heteroatoms. The second-order valence-electron chi connectivity index (χ2n) is 3.99. The van der Waals surface area contributed by atoms with Gasteiger partial charge in [-0.25, -0.2) is 8.42 Å². The van der Waals surface area contributed by atoms with E-state index < -0.39 is 21.5 Å². The highest BCUT2D eigenvalue weighted by molar-refractivity contribution is 8.35. The lowest BCUT2D eigenvalue weighted by molar-refractivity contribution is -0.112. The van der Waals surface area contributed by atoms with Crippen LogP contribution < -0.4 is 5.32 Å². The normalized spacial score (nSPS) is 18.2. The molecule has 1 aromatic carbocycles. The zero-order chi connectivity index (χ0) is 13.6. The minimum Gasteiger partial charge on any atom is -0.318 e. The molecule has 2 heterocycles. The SMILES string of the molecule is O=C1Nc2ccc(S(=O)(=O)C3=NCCS3)cc2C1=O. The number of anilines is 1. The number of carbonyl (C=O) groups excluding carboxylic acids is 2. The number of sulfone groups is 1. The van der Waals surface area contributed by atoms with Crippen molar-refractivity contribution in [1.29, 1.82) is 0 Å². The molecule has 6 nitrogen and oxygen atoms in total. The summed E-state index contributed by atoms with van der Waals surface area (Å²) in [4.78, 5) is 26.7. The third-order valence-electron chi connectivity index (χ3n) is 2.79. The first-order valence-electron chi connectivity index (χ1n) is 5.42. The molecule has 0 bridgehead atoms. The number of aliphatic imine (C=N–C) groups is 1. The van der Waals surface area contributed by atoms with Crippen molar-refractivity contribution >= 4 is 43.4 Å². The van der Waals surface area contributed by atoms with Crippen LogP contribution in [0.25, 0.3) is 0 Å². The number of benzene rings is 1. The average molecular weight is 296 g/mol. The van der Waals surface area contributed by atoms with Crippen LogP contribution in [0.4, 0.5) is 5.69 Å². The molecule has 0 saturated heterocycles. The predicted octanol–water partition coefficient (Wildman–Crippen LogP) is 0.698. The lowest BCUT2D eigenvalue weighted by Crippen LogP contribution is -2.13. The van der Waals surface area contributed by atoms with Crippen molar-refractivity contribution < 1.29 is 18.0 Å². The third-order valence-corrected chi connectivity index (χ3v) is 6.03. The van der Waals surface area contributed by atoms with Gasteiger partial charge in [-0.3, -0.25) is 14.6 Å². The summed E-state index contributed by atoms with van der Waals surface area (Å²) in [7, 11) is -3.68. The van der Waals surface area contributed by atoms with Crippen LogP contribution in [0.15, 0.2) is 28.1 Å². The van der Waals surface area contributed by atoms with Gasteiger partial charge in [-0.2, -0.15) is 0 Å². The van der Waals surface area contributed by atoms with Gasteiger partial charge in [-0.05, 0) is 18.2 Å². The highest BCUT2D eigenvalue weighted by Gasteiger charge is 2.32.